The minimum absolute atomic E-state index is 0.0761. The van der Waals surface area contributed by atoms with Gasteiger partial charge in [-0.1, -0.05) is 0 Å². The fraction of sp³-hybridized carbons (Fsp3) is 1.00. The third-order valence-corrected chi connectivity index (χ3v) is 2.48. The molecule has 0 bridgehead atoms. The number of hydrogen-bond acceptors (Lipinski definition) is 3. The Labute approximate surface area is 78.8 Å². The van der Waals surface area contributed by atoms with E-state index in [1.54, 1.807) is 0 Å². The van der Waals surface area contributed by atoms with Gasteiger partial charge >= 0.3 is 6.18 Å². The molecule has 0 saturated carbocycles. The molecule has 1 fully saturated rings. The maximum Gasteiger partial charge on any atom is 0.389 e. The van der Waals surface area contributed by atoms with Crippen LogP contribution in [0.5, 0.6) is 0 Å². The molecule has 0 radical (unpaired) electrons. The molecule has 0 N–H and O–H groups in total. The summed E-state index contributed by atoms with van der Waals surface area (Å²) in [5, 5.41) is 0. The van der Waals surface area contributed by atoms with Crippen molar-refractivity contribution in [3.8, 4) is 0 Å². The molecule has 1 saturated heterocycles. The highest BCUT2D eigenvalue weighted by atomic mass is 32.2. The van der Waals surface area contributed by atoms with Gasteiger partial charge in [-0.2, -0.15) is 24.9 Å². The molecule has 0 atom stereocenters. The Morgan fingerprint density at radius 3 is 2.38 bits per heavy atom. The Morgan fingerprint density at radius 2 is 1.85 bits per heavy atom. The molecule has 1 rings (SSSR count). The topological polar surface area (TPSA) is 18.5 Å². The lowest BCUT2D eigenvalue weighted by Gasteiger charge is -2.09. The molecule has 0 aromatic heterocycles. The van der Waals surface area contributed by atoms with Crippen LogP contribution in [0.4, 0.5) is 13.2 Å². The first-order valence-corrected chi connectivity index (χ1v) is 5.11. The fourth-order valence-electron chi connectivity index (χ4n) is 0.871. The standard InChI is InChI=1S/C7H11F3O2S/c8-7(9,10)1-4-13-5-6-11-2-3-12-6/h6H,1-5H2. The molecular weight excluding hydrogens is 205 g/mol. The summed E-state index contributed by atoms with van der Waals surface area (Å²) in [5.41, 5.74) is 0. The van der Waals surface area contributed by atoms with Gasteiger partial charge < -0.3 is 9.47 Å². The first kappa shape index (κ1) is 11.1. The highest BCUT2D eigenvalue weighted by Gasteiger charge is 2.26. The van der Waals surface area contributed by atoms with Gasteiger partial charge in [-0.05, 0) is 0 Å². The molecule has 0 spiro atoms. The number of alkyl halides is 3. The van der Waals surface area contributed by atoms with Crippen LogP contribution in [0, 0.1) is 0 Å². The Hall–Kier alpha value is 0.0600. The number of rotatable bonds is 4. The van der Waals surface area contributed by atoms with E-state index in [0.29, 0.717) is 19.0 Å². The SMILES string of the molecule is FC(F)(F)CCSCC1OCCO1. The van der Waals surface area contributed by atoms with E-state index in [2.05, 4.69) is 0 Å². The van der Waals surface area contributed by atoms with Crippen molar-refractivity contribution in [1.29, 1.82) is 0 Å². The van der Waals surface area contributed by atoms with E-state index < -0.39 is 12.6 Å². The van der Waals surface area contributed by atoms with E-state index in [1.165, 1.54) is 11.8 Å². The zero-order valence-electron chi connectivity index (χ0n) is 6.97. The fourth-order valence-corrected chi connectivity index (χ4v) is 1.80. The van der Waals surface area contributed by atoms with Crippen LogP contribution in [0.2, 0.25) is 0 Å². The Balaban J connectivity index is 1.94. The average molecular weight is 216 g/mol. The zero-order chi connectivity index (χ0) is 9.73. The average Bonchev–Trinajstić information content (AvgIpc) is 2.48. The molecule has 0 unspecified atom stereocenters. The molecule has 6 heteroatoms. The van der Waals surface area contributed by atoms with Crippen LogP contribution in [0.1, 0.15) is 6.42 Å². The molecule has 1 aliphatic heterocycles. The quantitative estimate of drug-likeness (QED) is 0.670. The third kappa shape index (κ3) is 5.38. The minimum atomic E-state index is -4.05. The van der Waals surface area contributed by atoms with Crippen LogP contribution in [0.3, 0.4) is 0 Å². The van der Waals surface area contributed by atoms with E-state index in [9.17, 15) is 13.2 Å². The van der Waals surface area contributed by atoms with Gasteiger partial charge in [-0.15, -0.1) is 0 Å². The molecule has 0 aliphatic carbocycles. The lowest BCUT2D eigenvalue weighted by atomic mass is 10.5. The zero-order valence-corrected chi connectivity index (χ0v) is 7.79. The Bertz CT molecular complexity index is 145. The number of hydrogen-bond donors (Lipinski definition) is 0. The predicted octanol–water partition coefficient (Wildman–Crippen LogP) is 2.04. The summed E-state index contributed by atoms with van der Waals surface area (Å²) >= 11 is 1.21. The van der Waals surface area contributed by atoms with Gasteiger partial charge in [0.15, 0.2) is 6.29 Å². The molecule has 0 aromatic carbocycles. The van der Waals surface area contributed by atoms with Gasteiger partial charge in [0.1, 0.15) is 0 Å². The van der Waals surface area contributed by atoms with Crippen LogP contribution < -0.4 is 0 Å². The van der Waals surface area contributed by atoms with E-state index in [1.807, 2.05) is 0 Å². The van der Waals surface area contributed by atoms with Crippen LogP contribution in [-0.2, 0) is 9.47 Å². The summed E-state index contributed by atoms with van der Waals surface area (Å²) in [5.74, 6) is 0.558. The summed E-state index contributed by atoms with van der Waals surface area (Å²) in [6, 6.07) is 0. The largest absolute Gasteiger partial charge is 0.389 e. The lowest BCUT2D eigenvalue weighted by molar-refractivity contribution is -0.129. The summed E-state index contributed by atoms with van der Waals surface area (Å²) in [7, 11) is 0. The molecular formula is C7H11F3O2S. The van der Waals surface area contributed by atoms with Crippen molar-refractivity contribution in [3.05, 3.63) is 0 Å². The minimum Gasteiger partial charge on any atom is -0.349 e. The highest BCUT2D eigenvalue weighted by Crippen LogP contribution is 2.22. The second kappa shape index (κ2) is 5.07. The van der Waals surface area contributed by atoms with Crippen LogP contribution >= 0.6 is 11.8 Å². The van der Waals surface area contributed by atoms with Crippen LogP contribution in [-0.4, -0.2) is 37.2 Å². The van der Waals surface area contributed by atoms with E-state index in [0.717, 1.165) is 0 Å². The molecule has 0 amide bonds. The summed E-state index contributed by atoms with van der Waals surface area (Å²) in [4.78, 5) is 0. The molecule has 13 heavy (non-hydrogen) atoms. The van der Waals surface area contributed by atoms with E-state index >= 15 is 0 Å². The molecule has 1 heterocycles. The number of halogens is 3. The van der Waals surface area contributed by atoms with Gasteiger partial charge in [-0.25, -0.2) is 0 Å². The molecule has 0 aromatic rings. The molecule has 78 valence electrons. The van der Waals surface area contributed by atoms with Crippen molar-refractivity contribution in [3.63, 3.8) is 0 Å². The first-order chi connectivity index (χ1) is 6.08. The number of ether oxygens (including phenoxy) is 2. The van der Waals surface area contributed by atoms with Crippen molar-refractivity contribution < 1.29 is 22.6 Å². The molecule has 1 aliphatic rings. The van der Waals surface area contributed by atoms with Crippen molar-refractivity contribution >= 4 is 11.8 Å². The van der Waals surface area contributed by atoms with Crippen molar-refractivity contribution in [2.75, 3.05) is 24.7 Å². The van der Waals surface area contributed by atoms with Gasteiger partial charge in [0.2, 0.25) is 0 Å². The van der Waals surface area contributed by atoms with Crippen molar-refractivity contribution in [1.82, 2.24) is 0 Å². The van der Waals surface area contributed by atoms with Crippen LogP contribution in [0.15, 0.2) is 0 Å². The summed E-state index contributed by atoms with van der Waals surface area (Å²) < 4.78 is 45.2. The normalized spacial score (nSPS) is 19.6. The monoisotopic (exact) mass is 216 g/mol. The maximum absolute atomic E-state index is 11.7. The highest BCUT2D eigenvalue weighted by molar-refractivity contribution is 7.99. The van der Waals surface area contributed by atoms with E-state index in [-0.39, 0.29) is 12.0 Å². The Morgan fingerprint density at radius 1 is 1.23 bits per heavy atom. The summed E-state index contributed by atoms with van der Waals surface area (Å²) in [6.07, 6.45) is -5.10. The second-order valence-corrected chi connectivity index (χ2v) is 3.76. The van der Waals surface area contributed by atoms with Gasteiger partial charge in [0.05, 0.1) is 19.6 Å². The first-order valence-electron chi connectivity index (χ1n) is 3.95. The lowest BCUT2D eigenvalue weighted by Crippen LogP contribution is -2.13. The third-order valence-electron chi connectivity index (χ3n) is 1.47. The van der Waals surface area contributed by atoms with E-state index in [4.69, 9.17) is 9.47 Å². The smallest absolute Gasteiger partial charge is 0.349 e. The van der Waals surface area contributed by atoms with Crippen LogP contribution in [0.25, 0.3) is 0 Å². The van der Waals surface area contributed by atoms with Crippen molar-refractivity contribution in [2.24, 2.45) is 0 Å². The van der Waals surface area contributed by atoms with Gasteiger partial charge in [0, 0.05) is 11.5 Å². The predicted molar refractivity (Wildman–Crippen MR) is 43.7 cm³/mol. The summed E-state index contributed by atoms with van der Waals surface area (Å²) in [6.45, 7) is 1.09. The number of thioether (sulfide) groups is 1. The maximum atomic E-state index is 11.7. The van der Waals surface area contributed by atoms with Gasteiger partial charge in [-0.3, -0.25) is 0 Å². The molecule has 2 nitrogen and oxygen atoms in total. The van der Waals surface area contributed by atoms with Crippen molar-refractivity contribution in [2.45, 2.75) is 18.9 Å². The second-order valence-electron chi connectivity index (χ2n) is 2.61. The van der Waals surface area contributed by atoms with Gasteiger partial charge in [0.25, 0.3) is 0 Å². The Kier molecular flexibility index (Phi) is 4.34.